The van der Waals surface area contributed by atoms with E-state index >= 15 is 0 Å². The van der Waals surface area contributed by atoms with E-state index < -0.39 is 11.8 Å². The molecule has 0 aromatic carbocycles. The summed E-state index contributed by atoms with van der Waals surface area (Å²) in [6.07, 6.45) is 1.05. The van der Waals surface area contributed by atoms with Gasteiger partial charge in [0.15, 0.2) is 0 Å². The first kappa shape index (κ1) is 13.4. The number of carbonyl (C=O) groups is 2. The Morgan fingerprint density at radius 2 is 2.13 bits per heavy atom. The van der Waals surface area contributed by atoms with E-state index in [-0.39, 0.29) is 19.2 Å². The molecule has 0 heterocycles. The number of rotatable bonds is 5. The van der Waals surface area contributed by atoms with Gasteiger partial charge in [-0.2, -0.15) is 5.26 Å². The summed E-state index contributed by atoms with van der Waals surface area (Å²) >= 11 is 0. The van der Waals surface area contributed by atoms with Crippen molar-refractivity contribution in [1.29, 1.82) is 5.26 Å². The normalized spacial score (nSPS) is 11.3. The van der Waals surface area contributed by atoms with Crippen LogP contribution in [0.4, 0.5) is 0 Å². The number of aliphatic hydroxyl groups excluding tert-OH is 1. The summed E-state index contributed by atoms with van der Waals surface area (Å²) in [6.45, 7) is 1.61. The summed E-state index contributed by atoms with van der Waals surface area (Å²) in [5.74, 6) is -1.60. The first-order valence-electron chi connectivity index (χ1n) is 4.72. The molecule has 6 nitrogen and oxygen atoms in total. The van der Waals surface area contributed by atoms with Gasteiger partial charge >= 0.3 is 11.8 Å². The van der Waals surface area contributed by atoms with Crippen LogP contribution in [-0.4, -0.2) is 36.1 Å². The van der Waals surface area contributed by atoms with Crippen LogP contribution >= 0.6 is 0 Å². The number of nitrogens with zero attached hydrogens (tertiary/aromatic N) is 1. The second-order valence-electron chi connectivity index (χ2n) is 2.93. The van der Waals surface area contributed by atoms with Gasteiger partial charge in [0.1, 0.15) is 6.54 Å². The van der Waals surface area contributed by atoms with Gasteiger partial charge in [-0.05, 0) is 12.8 Å². The summed E-state index contributed by atoms with van der Waals surface area (Å²) < 4.78 is 0. The van der Waals surface area contributed by atoms with Crippen LogP contribution in [0.1, 0.15) is 19.8 Å². The van der Waals surface area contributed by atoms with E-state index in [0.29, 0.717) is 12.8 Å². The van der Waals surface area contributed by atoms with Crippen LogP contribution in [0.5, 0.6) is 0 Å². The van der Waals surface area contributed by atoms with Crippen molar-refractivity contribution in [3.63, 3.8) is 0 Å². The maximum atomic E-state index is 11.2. The molecule has 0 aliphatic rings. The molecule has 0 rings (SSSR count). The molecule has 0 saturated carbocycles. The Morgan fingerprint density at radius 1 is 1.47 bits per heavy atom. The molecule has 0 fully saturated rings. The number of amides is 2. The van der Waals surface area contributed by atoms with Gasteiger partial charge in [0, 0.05) is 12.6 Å². The Bertz CT molecular complexity index is 260. The molecule has 0 radical (unpaired) electrons. The number of hydrogen-bond donors (Lipinski definition) is 3. The number of nitriles is 1. The zero-order valence-electron chi connectivity index (χ0n) is 8.62. The number of nitrogens with one attached hydrogen (secondary N) is 2. The Balaban J connectivity index is 3.99. The summed E-state index contributed by atoms with van der Waals surface area (Å²) in [4.78, 5) is 22.2. The van der Waals surface area contributed by atoms with Crippen LogP contribution in [0, 0.1) is 11.3 Å². The molecule has 0 bridgehead atoms. The average Bonchev–Trinajstić information content (AvgIpc) is 2.24. The maximum Gasteiger partial charge on any atom is 0.310 e. The standard InChI is InChI=1S/C9H15N3O3/c1-2-7(3-6-13)12-9(15)8(14)11-5-4-10/h7,13H,2-3,5-6H2,1H3,(H,11,14)(H,12,15). The van der Waals surface area contributed by atoms with E-state index in [9.17, 15) is 9.59 Å². The van der Waals surface area contributed by atoms with Crippen molar-refractivity contribution in [2.24, 2.45) is 0 Å². The molecule has 0 aliphatic heterocycles. The molecular weight excluding hydrogens is 198 g/mol. The molecular formula is C9H15N3O3. The van der Waals surface area contributed by atoms with E-state index in [1.807, 2.05) is 6.92 Å². The predicted molar refractivity (Wildman–Crippen MR) is 52.5 cm³/mol. The Morgan fingerprint density at radius 3 is 2.60 bits per heavy atom. The van der Waals surface area contributed by atoms with Gasteiger partial charge in [-0.1, -0.05) is 6.92 Å². The lowest BCUT2D eigenvalue weighted by atomic mass is 10.1. The Kier molecular flexibility index (Phi) is 6.93. The summed E-state index contributed by atoms with van der Waals surface area (Å²) in [5, 5.41) is 21.4. The van der Waals surface area contributed by atoms with Gasteiger partial charge in [0.2, 0.25) is 0 Å². The highest BCUT2D eigenvalue weighted by atomic mass is 16.3. The molecule has 1 unspecified atom stereocenters. The molecule has 0 saturated heterocycles. The summed E-state index contributed by atoms with van der Waals surface area (Å²) in [6, 6.07) is 1.48. The van der Waals surface area contributed by atoms with E-state index in [4.69, 9.17) is 10.4 Å². The molecule has 0 spiro atoms. The molecule has 84 valence electrons. The second-order valence-corrected chi connectivity index (χ2v) is 2.93. The SMILES string of the molecule is CCC(CCO)NC(=O)C(=O)NCC#N. The zero-order chi connectivity index (χ0) is 11.7. The van der Waals surface area contributed by atoms with Crippen LogP contribution in [0.15, 0.2) is 0 Å². The van der Waals surface area contributed by atoms with Gasteiger partial charge in [0.25, 0.3) is 0 Å². The van der Waals surface area contributed by atoms with Crippen LogP contribution < -0.4 is 10.6 Å². The molecule has 2 amide bonds. The second kappa shape index (κ2) is 7.76. The number of aliphatic hydroxyl groups is 1. The molecule has 0 aromatic rings. The molecule has 1 atom stereocenters. The fourth-order valence-electron chi connectivity index (χ4n) is 0.985. The lowest BCUT2D eigenvalue weighted by Gasteiger charge is -2.14. The van der Waals surface area contributed by atoms with Crippen molar-refractivity contribution in [3.8, 4) is 6.07 Å². The highest BCUT2D eigenvalue weighted by molar-refractivity contribution is 6.35. The smallest absolute Gasteiger partial charge is 0.310 e. The van der Waals surface area contributed by atoms with Crippen molar-refractivity contribution in [1.82, 2.24) is 10.6 Å². The highest BCUT2D eigenvalue weighted by Crippen LogP contribution is 1.95. The van der Waals surface area contributed by atoms with Crippen LogP contribution in [0.2, 0.25) is 0 Å². The topological polar surface area (TPSA) is 102 Å². The van der Waals surface area contributed by atoms with Crippen LogP contribution in [0.25, 0.3) is 0 Å². The first-order valence-corrected chi connectivity index (χ1v) is 4.72. The Labute approximate surface area is 88.3 Å². The third kappa shape index (κ3) is 5.65. The van der Waals surface area contributed by atoms with E-state index in [1.54, 1.807) is 6.07 Å². The van der Waals surface area contributed by atoms with Crippen molar-refractivity contribution in [2.75, 3.05) is 13.2 Å². The fourth-order valence-corrected chi connectivity index (χ4v) is 0.985. The number of carbonyl (C=O) groups excluding carboxylic acids is 2. The van der Waals surface area contributed by atoms with E-state index in [2.05, 4.69) is 10.6 Å². The summed E-state index contributed by atoms with van der Waals surface area (Å²) in [7, 11) is 0. The monoisotopic (exact) mass is 213 g/mol. The molecule has 0 aliphatic carbocycles. The quantitative estimate of drug-likeness (QED) is 0.398. The third-order valence-corrected chi connectivity index (χ3v) is 1.84. The largest absolute Gasteiger partial charge is 0.396 e. The maximum absolute atomic E-state index is 11.2. The van der Waals surface area contributed by atoms with E-state index in [1.165, 1.54) is 0 Å². The van der Waals surface area contributed by atoms with Crippen molar-refractivity contribution in [3.05, 3.63) is 0 Å². The van der Waals surface area contributed by atoms with E-state index in [0.717, 1.165) is 0 Å². The van der Waals surface area contributed by atoms with Crippen molar-refractivity contribution < 1.29 is 14.7 Å². The molecule has 6 heteroatoms. The Hall–Kier alpha value is -1.61. The van der Waals surface area contributed by atoms with Gasteiger partial charge in [-0.15, -0.1) is 0 Å². The average molecular weight is 213 g/mol. The molecule has 0 aromatic heterocycles. The lowest BCUT2D eigenvalue weighted by molar-refractivity contribution is -0.139. The van der Waals surface area contributed by atoms with Gasteiger partial charge < -0.3 is 15.7 Å². The van der Waals surface area contributed by atoms with Crippen LogP contribution in [0.3, 0.4) is 0 Å². The molecule has 3 N–H and O–H groups in total. The minimum Gasteiger partial charge on any atom is -0.396 e. The highest BCUT2D eigenvalue weighted by Gasteiger charge is 2.16. The van der Waals surface area contributed by atoms with Crippen molar-refractivity contribution >= 4 is 11.8 Å². The van der Waals surface area contributed by atoms with Gasteiger partial charge in [0.05, 0.1) is 6.07 Å². The predicted octanol–water partition coefficient (Wildman–Crippen LogP) is -1.10. The fraction of sp³-hybridized carbons (Fsp3) is 0.667. The van der Waals surface area contributed by atoms with Gasteiger partial charge in [-0.3, -0.25) is 9.59 Å². The zero-order valence-corrected chi connectivity index (χ0v) is 8.62. The minimum absolute atomic E-state index is 0.0431. The third-order valence-electron chi connectivity index (χ3n) is 1.84. The lowest BCUT2D eigenvalue weighted by Crippen LogP contribution is -2.44. The first-order chi connectivity index (χ1) is 7.15. The van der Waals surface area contributed by atoms with Crippen LogP contribution in [-0.2, 0) is 9.59 Å². The molecule has 15 heavy (non-hydrogen) atoms. The van der Waals surface area contributed by atoms with Gasteiger partial charge in [-0.25, -0.2) is 0 Å². The van der Waals surface area contributed by atoms with Crippen molar-refractivity contribution in [2.45, 2.75) is 25.8 Å². The number of hydrogen-bond acceptors (Lipinski definition) is 4. The minimum atomic E-state index is -0.826. The summed E-state index contributed by atoms with van der Waals surface area (Å²) in [5.41, 5.74) is 0.